The molecule has 4 heteroatoms. The van der Waals surface area contributed by atoms with Crippen molar-refractivity contribution in [3.63, 3.8) is 0 Å². The smallest absolute Gasteiger partial charge is 0.0417 e. The predicted molar refractivity (Wildman–Crippen MR) is 85.8 cm³/mol. The van der Waals surface area contributed by atoms with Crippen molar-refractivity contribution < 1.29 is 0 Å². The Morgan fingerprint density at radius 3 is 2.89 bits per heavy atom. The van der Waals surface area contributed by atoms with Crippen molar-refractivity contribution in [1.29, 1.82) is 0 Å². The third-order valence-electron chi connectivity index (χ3n) is 3.72. The van der Waals surface area contributed by atoms with Crippen molar-refractivity contribution in [3.8, 4) is 0 Å². The fourth-order valence-electron chi connectivity index (χ4n) is 2.95. The first-order valence-corrected chi connectivity index (χ1v) is 7.81. The number of benzene rings is 1. The molecule has 0 saturated carbocycles. The minimum absolute atomic E-state index is 0.632. The predicted octanol–water partition coefficient (Wildman–Crippen LogP) is 2.48. The van der Waals surface area contributed by atoms with E-state index in [0.29, 0.717) is 12.6 Å². The summed E-state index contributed by atoms with van der Waals surface area (Å²) in [5.41, 5.74) is 8.49. The standard InChI is InChI=1S/C15H24BrN3/c1-18(2)11-14-4-3-9-19(14)15-6-5-13(16)10-12(15)7-8-17/h5-6,10,14H,3-4,7-9,11,17H2,1-2H3. The highest BCUT2D eigenvalue weighted by Crippen LogP contribution is 2.31. The van der Waals surface area contributed by atoms with Crippen LogP contribution in [0.25, 0.3) is 0 Å². The van der Waals surface area contributed by atoms with Gasteiger partial charge in [0.15, 0.2) is 0 Å². The van der Waals surface area contributed by atoms with Gasteiger partial charge in [0.05, 0.1) is 0 Å². The Kier molecular flexibility index (Phi) is 5.25. The summed E-state index contributed by atoms with van der Waals surface area (Å²) in [5, 5.41) is 0. The van der Waals surface area contributed by atoms with Gasteiger partial charge >= 0.3 is 0 Å². The Morgan fingerprint density at radius 1 is 1.42 bits per heavy atom. The molecule has 1 heterocycles. The topological polar surface area (TPSA) is 32.5 Å². The van der Waals surface area contributed by atoms with Crippen LogP contribution in [0.3, 0.4) is 0 Å². The van der Waals surface area contributed by atoms with Crippen molar-refractivity contribution >= 4 is 21.6 Å². The number of nitrogens with zero attached hydrogens (tertiary/aromatic N) is 2. The summed E-state index contributed by atoms with van der Waals surface area (Å²) < 4.78 is 1.14. The van der Waals surface area contributed by atoms with E-state index in [0.717, 1.165) is 24.0 Å². The monoisotopic (exact) mass is 325 g/mol. The molecule has 1 saturated heterocycles. The van der Waals surface area contributed by atoms with Gasteiger partial charge in [-0.3, -0.25) is 0 Å². The molecule has 1 aliphatic rings. The molecule has 2 rings (SSSR count). The van der Waals surface area contributed by atoms with Gasteiger partial charge in [0.25, 0.3) is 0 Å². The van der Waals surface area contributed by atoms with E-state index in [-0.39, 0.29) is 0 Å². The lowest BCUT2D eigenvalue weighted by Crippen LogP contribution is -2.38. The number of likely N-dealkylation sites (N-methyl/N-ethyl adjacent to an activating group) is 1. The zero-order valence-electron chi connectivity index (χ0n) is 11.9. The molecule has 0 spiro atoms. The molecule has 1 aliphatic heterocycles. The summed E-state index contributed by atoms with van der Waals surface area (Å²) in [7, 11) is 4.30. The highest BCUT2D eigenvalue weighted by molar-refractivity contribution is 9.10. The Bertz CT molecular complexity index is 420. The molecule has 106 valence electrons. The molecule has 0 aromatic heterocycles. The maximum absolute atomic E-state index is 5.75. The van der Waals surface area contributed by atoms with E-state index in [2.05, 4.69) is 58.0 Å². The largest absolute Gasteiger partial charge is 0.367 e. The molecule has 0 aliphatic carbocycles. The van der Waals surface area contributed by atoms with Gasteiger partial charge in [-0.2, -0.15) is 0 Å². The first-order valence-electron chi connectivity index (χ1n) is 7.01. The fraction of sp³-hybridized carbons (Fsp3) is 0.600. The van der Waals surface area contributed by atoms with E-state index in [9.17, 15) is 0 Å². The number of hydrogen-bond donors (Lipinski definition) is 1. The van der Waals surface area contributed by atoms with E-state index in [4.69, 9.17) is 5.73 Å². The van der Waals surface area contributed by atoms with Crippen molar-refractivity contribution in [2.75, 3.05) is 38.6 Å². The first-order chi connectivity index (χ1) is 9.11. The fourth-order valence-corrected chi connectivity index (χ4v) is 3.36. The van der Waals surface area contributed by atoms with Crippen LogP contribution in [0.1, 0.15) is 18.4 Å². The Hall–Kier alpha value is -0.580. The Balaban J connectivity index is 2.24. The zero-order chi connectivity index (χ0) is 13.8. The third-order valence-corrected chi connectivity index (χ3v) is 4.21. The first kappa shape index (κ1) is 14.8. The van der Waals surface area contributed by atoms with Gasteiger partial charge in [-0.1, -0.05) is 15.9 Å². The van der Waals surface area contributed by atoms with Crippen LogP contribution < -0.4 is 10.6 Å². The second-order valence-electron chi connectivity index (χ2n) is 5.56. The van der Waals surface area contributed by atoms with Gasteiger partial charge in [0, 0.05) is 29.3 Å². The summed E-state index contributed by atoms with van der Waals surface area (Å²) in [4.78, 5) is 4.85. The molecule has 0 amide bonds. The molecular weight excluding hydrogens is 302 g/mol. The molecule has 1 aromatic carbocycles. The van der Waals surface area contributed by atoms with Crippen LogP contribution in [-0.2, 0) is 6.42 Å². The third kappa shape index (κ3) is 3.71. The highest BCUT2D eigenvalue weighted by Gasteiger charge is 2.26. The van der Waals surface area contributed by atoms with Gasteiger partial charge in [-0.15, -0.1) is 0 Å². The van der Waals surface area contributed by atoms with Gasteiger partial charge < -0.3 is 15.5 Å². The molecule has 0 radical (unpaired) electrons. The van der Waals surface area contributed by atoms with Gasteiger partial charge in [0.2, 0.25) is 0 Å². The molecule has 19 heavy (non-hydrogen) atoms. The number of nitrogens with two attached hydrogens (primary N) is 1. The Labute approximate surface area is 124 Å². The number of anilines is 1. The van der Waals surface area contributed by atoms with E-state index in [1.165, 1.54) is 24.1 Å². The van der Waals surface area contributed by atoms with E-state index >= 15 is 0 Å². The maximum atomic E-state index is 5.75. The Morgan fingerprint density at radius 2 is 2.21 bits per heavy atom. The van der Waals surface area contributed by atoms with Crippen molar-refractivity contribution in [1.82, 2.24) is 4.90 Å². The maximum Gasteiger partial charge on any atom is 0.0417 e. The zero-order valence-corrected chi connectivity index (χ0v) is 13.5. The average Bonchev–Trinajstić information content (AvgIpc) is 2.77. The number of hydrogen-bond acceptors (Lipinski definition) is 3. The van der Waals surface area contributed by atoms with Crippen LogP contribution in [0.2, 0.25) is 0 Å². The lowest BCUT2D eigenvalue weighted by molar-refractivity contribution is 0.372. The van der Waals surface area contributed by atoms with E-state index < -0.39 is 0 Å². The van der Waals surface area contributed by atoms with E-state index in [1.54, 1.807) is 0 Å². The van der Waals surface area contributed by atoms with Crippen LogP contribution in [0.5, 0.6) is 0 Å². The highest BCUT2D eigenvalue weighted by atomic mass is 79.9. The van der Waals surface area contributed by atoms with Crippen molar-refractivity contribution in [3.05, 3.63) is 28.2 Å². The number of rotatable bonds is 5. The van der Waals surface area contributed by atoms with E-state index in [1.807, 2.05) is 0 Å². The van der Waals surface area contributed by atoms with Crippen LogP contribution in [-0.4, -0.2) is 44.7 Å². The SMILES string of the molecule is CN(C)CC1CCCN1c1ccc(Br)cc1CCN. The lowest BCUT2D eigenvalue weighted by Gasteiger charge is -2.31. The normalized spacial score (nSPS) is 19.4. The minimum Gasteiger partial charge on any atom is -0.367 e. The van der Waals surface area contributed by atoms with Crippen LogP contribution in [0.4, 0.5) is 5.69 Å². The average molecular weight is 326 g/mol. The van der Waals surface area contributed by atoms with Gasteiger partial charge in [0.1, 0.15) is 0 Å². The van der Waals surface area contributed by atoms with Crippen LogP contribution in [0.15, 0.2) is 22.7 Å². The quantitative estimate of drug-likeness (QED) is 0.902. The second kappa shape index (κ2) is 6.73. The van der Waals surface area contributed by atoms with Crippen LogP contribution in [0, 0.1) is 0 Å². The summed E-state index contributed by atoms with van der Waals surface area (Å²) in [5.74, 6) is 0. The van der Waals surface area contributed by atoms with Gasteiger partial charge in [-0.25, -0.2) is 0 Å². The minimum atomic E-state index is 0.632. The molecule has 3 nitrogen and oxygen atoms in total. The van der Waals surface area contributed by atoms with Crippen LogP contribution >= 0.6 is 15.9 Å². The summed E-state index contributed by atoms with van der Waals surface area (Å²) in [6, 6.07) is 7.23. The molecule has 2 N–H and O–H groups in total. The second-order valence-corrected chi connectivity index (χ2v) is 6.48. The molecule has 1 fully saturated rings. The summed E-state index contributed by atoms with van der Waals surface area (Å²) in [6.07, 6.45) is 3.52. The number of halogens is 1. The van der Waals surface area contributed by atoms with Crippen molar-refractivity contribution in [2.45, 2.75) is 25.3 Å². The van der Waals surface area contributed by atoms with Gasteiger partial charge in [-0.05, 0) is 63.7 Å². The van der Waals surface area contributed by atoms with Crippen molar-refractivity contribution in [2.24, 2.45) is 5.73 Å². The molecule has 1 unspecified atom stereocenters. The molecular formula is C15H24BrN3. The molecule has 1 atom stereocenters. The summed E-state index contributed by atoms with van der Waals surface area (Å²) >= 11 is 3.56. The molecule has 1 aromatic rings. The molecule has 0 bridgehead atoms. The summed E-state index contributed by atoms with van der Waals surface area (Å²) in [6.45, 7) is 2.99. The lowest BCUT2D eigenvalue weighted by atomic mass is 10.1.